The van der Waals surface area contributed by atoms with Gasteiger partial charge in [-0.15, -0.1) is 0 Å². The minimum atomic E-state index is -0.173. The molecule has 2 heterocycles. The van der Waals surface area contributed by atoms with E-state index in [0.717, 1.165) is 24.8 Å². The quantitative estimate of drug-likeness (QED) is 0.855. The predicted octanol–water partition coefficient (Wildman–Crippen LogP) is 2.32. The highest BCUT2D eigenvalue weighted by atomic mass is 16.5. The molecule has 0 spiro atoms. The number of aromatic nitrogens is 3. The topological polar surface area (TPSA) is 77.8 Å². The Balaban J connectivity index is 2.11. The van der Waals surface area contributed by atoms with Gasteiger partial charge in [0.05, 0.1) is 6.04 Å². The number of hydrogen-bond donors (Lipinski definition) is 1. The molecule has 5 heteroatoms. The monoisotopic (exact) mass is 232 g/mol. The number of pyridine rings is 1. The Labute approximate surface area is 100 Å². The van der Waals surface area contributed by atoms with Crippen molar-refractivity contribution in [1.29, 1.82) is 0 Å². The van der Waals surface area contributed by atoms with Crippen LogP contribution in [0.25, 0.3) is 11.4 Å². The zero-order valence-corrected chi connectivity index (χ0v) is 9.84. The Bertz CT molecular complexity index is 455. The minimum Gasteiger partial charge on any atom is -0.337 e. The van der Waals surface area contributed by atoms with Crippen LogP contribution in [-0.4, -0.2) is 15.1 Å². The molecule has 0 fully saturated rings. The van der Waals surface area contributed by atoms with E-state index in [2.05, 4.69) is 22.0 Å². The van der Waals surface area contributed by atoms with Crippen molar-refractivity contribution in [2.24, 2.45) is 5.73 Å². The van der Waals surface area contributed by atoms with Crippen LogP contribution in [0.2, 0.25) is 0 Å². The molecule has 0 aliphatic heterocycles. The van der Waals surface area contributed by atoms with Crippen LogP contribution in [0.5, 0.6) is 0 Å². The summed E-state index contributed by atoms with van der Waals surface area (Å²) in [7, 11) is 0. The van der Waals surface area contributed by atoms with E-state index in [1.54, 1.807) is 12.4 Å². The molecule has 1 atom stereocenters. The normalized spacial score (nSPS) is 12.6. The highest BCUT2D eigenvalue weighted by Crippen LogP contribution is 2.19. The molecule has 5 nitrogen and oxygen atoms in total. The molecule has 90 valence electrons. The maximum absolute atomic E-state index is 5.96. The van der Waals surface area contributed by atoms with Gasteiger partial charge < -0.3 is 10.3 Å². The fourth-order valence-electron chi connectivity index (χ4n) is 1.55. The molecule has 0 aliphatic carbocycles. The van der Waals surface area contributed by atoms with E-state index in [-0.39, 0.29) is 6.04 Å². The van der Waals surface area contributed by atoms with Crippen LogP contribution in [0.15, 0.2) is 29.0 Å². The van der Waals surface area contributed by atoms with Crippen LogP contribution >= 0.6 is 0 Å². The van der Waals surface area contributed by atoms with Crippen molar-refractivity contribution in [3.63, 3.8) is 0 Å². The molecule has 0 amide bonds. The van der Waals surface area contributed by atoms with Crippen LogP contribution in [0.1, 0.15) is 38.1 Å². The molecule has 0 saturated carbocycles. The maximum Gasteiger partial charge on any atom is 0.243 e. The van der Waals surface area contributed by atoms with Gasteiger partial charge in [-0.3, -0.25) is 4.98 Å². The Kier molecular flexibility index (Phi) is 3.82. The van der Waals surface area contributed by atoms with Gasteiger partial charge in [-0.05, 0) is 18.6 Å². The van der Waals surface area contributed by atoms with Crippen molar-refractivity contribution in [3.8, 4) is 11.4 Å². The lowest BCUT2D eigenvalue weighted by Gasteiger charge is -2.03. The third-order valence-electron chi connectivity index (χ3n) is 2.55. The largest absolute Gasteiger partial charge is 0.337 e. The molecule has 2 rings (SSSR count). The fraction of sp³-hybridized carbons (Fsp3) is 0.417. The minimum absolute atomic E-state index is 0.173. The van der Waals surface area contributed by atoms with E-state index >= 15 is 0 Å². The molecule has 0 unspecified atom stereocenters. The average Bonchev–Trinajstić information content (AvgIpc) is 2.86. The van der Waals surface area contributed by atoms with Gasteiger partial charge >= 0.3 is 0 Å². The number of rotatable bonds is 5. The van der Waals surface area contributed by atoms with E-state index in [0.29, 0.717) is 11.7 Å². The number of nitrogens with two attached hydrogens (primary N) is 1. The van der Waals surface area contributed by atoms with Crippen molar-refractivity contribution in [3.05, 3.63) is 30.4 Å². The first kappa shape index (κ1) is 11.7. The lowest BCUT2D eigenvalue weighted by molar-refractivity contribution is 0.346. The Morgan fingerprint density at radius 3 is 3.06 bits per heavy atom. The molecule has 0 aliphatic rings. The van der Waals surface area contributed by atoms with Crippen molar-refractivity contribution >= 4 is 0 Å². The second-order valence-electron chi connectivity index (χ2n) is 3.95. The van der Waals surface area contributed by atoms with Gasteiger partial charge in [-0.25, -0.2) is 0 Å². The van der Waals surface area contributed by atoms with Crippen molar-refractivity contribution in [2.75, 3.05) is 0 Å². The summed E-state index contributed by atoms with van der Waals surface area (Å²) in [5.74, 6) is 1.04. The third kappa shape index (κ3) is 2.88. The van der Waals surface area contributed by atoms with Crippen molar-refractivity contribution < 1.29 is 4.52 Å². The molecule has 0 saturated heterocycles. The van der Waals surface area contributed by atoms with Gasteiger partial charge in [0.25, 0.3) is 0 Å². The summed E-state index contributed by atoms with van der Waals surface area (Å²) in [6.07, 6.45) is 6.44. The fourth-order valence-corrected chi connectivity index (χ4v) is 1.55. The molecule has 17 heavy (non-hydrogen) atoms. The van der Waals surface area contributed by atoms with E-state index < -0.39 is 0 Å². The highest BCUT2D eigenvalue weighted by Gasteiger charge is 2.14. The molecular weight excluding hydrogens is 216 g/mol. The number of nitrogens with zero attached hydrogens (tertiary/aromatic N) is 3. The lowest BCUT2D eigenvalue weighted by atomic mass is 10.1. The Morgan fingerprint density at radius 1 is 1.47 bits per heavy atom. The van der Waals surface area contributed by atoms with Gasteiger partial charge in [0.15, 0.2) is 0 Å². The maximum atomic E-state index is 5.96. The van der Waals surface area contributed by atoms with Crippen LogP contribution < -0.4 is 5.73 Å². The molecule has 0 radical (unpaired) electrons. The summed E-state index contributed by atoms with van der Waals surface area (Å²) >= 11 is 0. The molecule has 2 aromatic heterocycles. The second-order valence-corrected chi connectivity index (χ2v) is 3.95. The van der Waals surface area contributed by atoms with Gasteiger partial charge in [0.2, 0.25) is 11.7 Å². The third-order valence-corrected chi connectivity index (χ3v) is 2.55. The van der Waals surface area contributed by atoms with Crippen LogP contribution in [0.3, 0.4) is 0 Å². The van der Waals surface area contributed by atoms with Crippen LogP contribution in [-0.2, 0) is 0 Å². The van der Waals surface area contributed by atoms with Gasteiger partial charge in [0, 0.05) is 18.0 Å². The Morgan fingerprint density at radius 2 is 2.35 bits per heavy atom. The molecule has 0 aromatic carbocycles. The number of unbranched alkanes of at least 4 members (excludes halogenated alkanes) is 1. The standard InChI is InChI=1S/C12H16N4O/c1-2-3-6-10(13)12-15-11(16-17-12)9-5-4-7-14-8-9/h4-5,7-8,10H,2-3,6,13H2,1H3/t10-/m0/s1. The van der Waals surface area contributed by atoms with Crippen LogP contribution in [0, 0.1) is 0 Å². The first-order valence-electron chi connectivity index (χ1n) is 5.81. The van der Waals surface area contributed by atoms with Crippen molar-refractivity contribution in [1.82, 2.24) is 15.1 Å². The lowest BCUT2D eigenvalue weighted by Crippen LogP contribution is -2.10. The zero-order chi connectivity index (χ0) is 12.1. The molecule has 2 N–H and O–H groups in total. The SMILES string of the molecule is CCCC[C@H](N)c1nc(-c2cccnc2)no1. The average molecular weight is 232 g/mol. The highest BCUT2D eigenvalue weighted by molar-refractivity contribution is 5.51. The summed E-state index contributed by atoms with van der Waals surface area (Å²) in [6.45, 7) is 2.13. The van der Waals surface area contributed by atoms with Gasteiger partial charge in [-0.2, -0.15) is 4.98 Å². The second kappa shape index (κ2) is 5.54. The van der Waals surface area contributed by atoms with Crippen molar-refractivity contribution in [2.45, 2.75) is 32.2 Å². The van der Waals surface area contributed by atoms with Crippen LogP contribution in [0.4, 0.5) is 0 Å². The van der Waals surface area contributed by atoms with E-state index in [1.165, 1.54) is 0 Å². The summed E-state index contributed by atoms with van der Waals surface area (Å²) in [6, 6.07) is 3.55. The van der Waals surface area contributed by atoms with E-state index in [1.807, 2.05) is 12.1 Å². The molecule has 0 bridgehead atoms. The summed E-state index contributed by atoms with van der Waals surface area (Å²) in [5.41, 5.74) is 6.80. The molecular formula is C12H16N4O. The predicted molar refractivity (Wildman–Crippen MR) is 64.0 cm³/mol. The summed E-state index contributed by atoms with van der Waals surface area (Å²) in [4.78, 5) is 8.30. The van der Waals surface area contributed by atoms with E-state index in [4.69, 9.17) is 10.3 Å². The first-order chi connectivity index (χ1) is 8.31. The molecule has 2 aromatic rings. The van der Waals surface area contributed by atoms with Gasteiger partial charge in [0.1, 0.15) is 0 Å². The summed E-state index contributed by atoms with van der Waals surface area (Å²) < 4.78 is 5.16. The first-order valence-corrected chi connectivity index (χ1v) is 5.81. The van der Waals surface area contributed by atoms with E-state index in [9.17, 15) is 0 Å². The smallest absolute Gasteiger partial charge is 0.243 e. The summed E-state index contributed by atoms with van der Waals surface area (Å²) in [5, 5.41) is 3.91. The number of hydrogen-bond acceptors (Lipinski definition) is 5. The zero-order valence-electron chi connectivity index (χ0n) is 9.84. The van der Waals surface area contributed by atoms with Gasteiger partial charge in [-0.1, -0.05) is 24.9 Å². The Hall–Kier alpha value is -1.75.